The summed E-state index contributed by atoms with van der Waals surface area (Å²) in [7, 11) is 0. The predicted octanol–water partition coefficient (Wildman–Crippen LogP) is 3.41. The van der Waals surface area contributed by atoms with Gasteiger partial charge in [-0.3, -0.25) is 5.41 Å². The lowest BCUT2D eigenvalue weighted by Gasteiger charge is -2.10. The van der Waals surface area contributed by atoms with Gasteiger partial charge >= 0.3 is 0 Å². The van der Waals surface area contributed by atoms with E-state index < -0.39 is 0 Å². The minimum atomic E-state index is 0.367. The largest absolute Gasteiger partial charge is 0.383 e. The van der Waals surface area contributed by atoms with E-state index in [-0.39, 0.29) is 0 Å². The fourth-order valence-corrected chi connectivity index (χ4v) is 1.83. The van der Waals surface area contributed by atoms with E-state index in [9.17, 15) is 0 Å². The summed E-state index contributed by atoms with van der Waals surface area (Å²) in [6.07, 6.45) is 0.945. The summed E-state index contributed by atoms with van der Waals surface area (Å²) in [4.78, 5) is 3.77. The smallest absolute Gasteiger partial charge is 0.128 e. The van der Waals surface area contributed by atoms with Gasteiger partial charge in [-0.2, -0.15) is 0 Å². The number of nitrogens with one attached hydrogen (secondary N) is 1. The van der Waals surface area contributed by atoms with Gasteiger partial charge in [0.25, 0.3) is 0 Å². The number of aryl methyl sites for hydroxylation is 1. The van der Waals surface area contributed by atoms with Crippen LogP contribution in [0.15, 0.2) is 28.8 Å². The van der Waals surface area contributed by atoms with Crippen molar-refractivity contribution in [3.63, 3.8) is 0 Å². The Morgan fingerprint density at radius 2 is 2.06 bits per heavy atom. The molecular formula is C13H16ClN3. The Balaban J connectivity index is 3.28. The highest BCUT2D eigenvalue weighted by Crippen LogP contribution is 2.24. The number of benzene rings is 1. The van der Waals surface area contributed by atoms with E-state index >= 15 is 0 Å². The highest BCUT2D eigenvalue weighted by Gasteiger charge is 2.07. The van der Waals surface area contributed by atoms with E-state index in [0.29, 0.717) is 5.84 Å². The highest BCUT2D eigenvalue weighted by atomic mass is 35.5. The topological polar surface area (TPSA) is 62.2 Å². The van der Waals surface area contributed by atoms with Crippen LogP contribution in [-0.4, -0.2) is 12.2 Å². The summed E-state index contributed by atoms with van der Waals surface area (Å²) in [5.74, 6) is 0.367. The van der Waals surface area contributed by atoms with Crippen molar-refractivity contribution in [2.75, 3.05) is 0 Å². The maximum absolute atomic E-state index is 6.91. The summed E-state index contributed by atoms with van der Waals surface area (Å²) in [5, 5.41) is 7.63. The minimum Gasteiger partial charge on any atom is -0.383 e. The van der Waals surface area contributed by atoms with Crippen molar-refractivity contribution >= 4 is 29.3 Å². The SMILES string of the molecule is CC(C(N)=NC=N)=C(C)c1ccc(Cl)cc1C. The first-order valence-corrected chi connectivity index (χ1v) is 5.61. The molecule has 0 saturated carbocycles. The second kappa shape index (κ2) is 5.64. The molecule has 3 nitrogen and oxygen atoms in total. The number of hydrogen-bond acceptors (Lipinski definition) is 1. The van der Waals surface area contributed by atoms with Crippen LogP contribution in [0.4, 0.5) is 0 Å². The summed E-state index contributed by atoms with van der Waals surface area (Å²) in [6.45, 7) is 5.88. The van der Waals surface area contributed by atoms with Crippen LogP contribution in [-0.2, 0) is 0 Å². The van der Waals surface area contributed by atoms with Gasteiger partial charge in [0, 0.05) is 5.02 Å². The molecule has 0 aliphatic rings. The molecular weight excluding hydrogens is 234 g/mol. The molecule has 0 heterocycles. The Labute approximate surface area is 107 Å². The lowest BCUT2D eigenvalue weighted by molar-refractivity contribution is 1.37. The van der Waals surface area contributed by atoms with Crippen LogP contribution in [0.25, 0.3) is 5.57 Å². The average molecular weight is 250 g/mol. The van der Waals surface area contributed by atoms with Gasteiger partial charge in [0.15, 0.2) is 0 Å². The highest BCUT2D eigenvalue weighted by molar-refractivity contribution is 6.30. The monoisotopic (exact) mass is 249 g/mol. The van der Waals surface area contributed by atoms with Gasteiger partial charge in [-0.15, -0.1) is 0 Å². The van der Waals surface area contributed by atoms with Crippen molar-refractivity contribution in [2.45, 2.75) is 20.8 Å². The van der Waals surface area contributed by atoms with E-state index in [0.717, 1.165) is 33.6 Å². The first-order valence-electron chi connectivity index (χ1n) is 5.24. The molecule has 1 aromatic rings. The van der Waals surface area contributed by atoms with Gasteiger partial charge in [-0.25, -0.2) is 4.99 Å². The number of rotatable bonds is 3. The normalized spacial score (nSPS) is 13.3. The molecule has 0 aromatic heterocycles. The minimum absolute atomic E-state index is 0.367. The second-order valence-electron chi connectivity index (χ2n) is 3.85. The summed E-state index contributed by atoms with van der Waals surface area (Å²) < 4.78 is 0. The Morgan fingerprint density at radius 1 is 1.41 bits per heavy atom. The molecule has 0 atom stereocenters. The summed E-state index contributed by atoms with van der Waals surface area (Å²) in [6, 6.07) is 5.73. The third kappa shape index (κ3) is 3.17. The third-order valence-corrected chi connectivity index (χ3v) is 2.98. The molecule has 90 valence electrons. The number of hydrogen-bond donors (Lipinski definition) is 2. The fraction of sp³-hybridized carbons (Fsp3) is 0.231. The molecule has 0 amide bonds. The molecule has 0 bridgehead atoms. The first kappa shape index (κ1) is 13.5. The van der Waals surface area contributed by atoms with Crippen molar-refractivity contribution < 1.29 is 0 Å². The zero-order valence-electron chi connectivity index (χ0n) is 10.2. The van der Waals surface area contributed by atoms with Crippen LogP contribution in [0.1, 0.15) is 25.0 Å². The van der Waals surface area contributed by atoms with Crippen molar-refractivity contribution in [3.8, 4) is 0 Å². The molecule has 0 fully saturated rings. The number of nitrogens with two attached hydrogens (primary N) is 1. The first-order chi connectivity index (χ1) is 7.97. The molecule has 4 heteroatoms. The van der Waals surface area contributed by atoms with E-state index in [1.54, 1.807) is 0 Å². The van der Waals surface area contributed by atoms with Gasteiger partial charge in [0.05, 0.1) is 0 Å². The van der Waals surface area contributed by atoms with E-state index in [1.807, 2.05) is 39.0 Å². The van der Waals surface area contributed by atoms with E-state index in [4.69, 9.17) is 22.7 Å². The van der Waals surface area contributed by atoms with Crippen molar-refractivity contribution in [2.24, 2.45) is 10.7 Å². The van der Waals surface area contributed by atoms with E-state index in [1.165, 1.54) is 0 Å². The standard InChI is InChI=1S/C13H16ClN3/c1-8-6-11(14)4-5-12(8)9(2)10(3)13(16)17-7-15/h4-7H,1-3H3,(H3,15,16,17). The lowest BCUT2D eigenvalue weighted by Crippen LogP contribution is -2.14. The van der Waals surface area contributed by atoms with Crippen LogP contribution in [0.2, 0.25) is 5.02 Å². The maximum Gasteiger partial charge on any atom is 0.128 e. The second-order valence-corrected chi connectivity index (χ2v) is 4.29. The van der Waals surface area contributed by atoms with Gasteiger partial charge in [0.2, 0.25) is 0 Å². The number of nitrogens with zero attached hydrogens (tertiary/aromatic N) is 1. The predicted molar refractivity (Wildman–Crippen MR) is 74.9 cm³/mol. The van der Waals surface area contributed by atoms with Crippen LogP contribution in [0.5, 0.6) is 0 Å². The van der Waals surface area contributed by atoms with Gasteiger partial charge in [-0.05, 0) is 55.2 Å². The third-order valence-electron chi connectivity index (χ3n) is 2.74. The molecule has 0 aliphatic heterocycles. The van der Waals surface area contributed by atoms with Crippen molar-refractivity contribution in [1.29, 1.82) is 5.41 Å². The molecule has 0 spiro atoms. The van der Waals surface area contributed by atoms with Gasteiger partial charge < -0.3 is 5.73 Å². The van der Waals surface area contributed by atoms with Crippen LogP contribution >= 0.6 is 11.6 Å². The summed E-state index contributed by atoms with van der Waals surface area (Å²) >= 11 is 5.92. The molecule has 1 rings (SSSR count). The van der Waals surface area contributed by atoms with Gasteiger partial charge in [-0.1, -0.05) is 17.7 Å². The molecule has 0 saturated heterocycles. The molecule has 0 unspecified atom stereocenters. The molecule has 1 aromatic carbocycles. The molecule has 0 radical (unpaired) electrons. The average Bonchev–Trinajstić information content (AvgIpc) is 2.27. The Hall–Kier alpha value is -1.61. The van der Waals surface area contributed by atoms with Crippen LogP contribution in [0.3, 0.4) is 0 Å². The Kier molecular flexibility index (Phi) is 4.46. The quantitative estimate of drug-likeness (QED) is 0.626. The maximum atomic E-state index is 6.91. The zero-order valence-corrected chi connectivity index (χ0v) is 11.0. The van der Waals surface area contributed by atoms with E-state index in [2.05, 4.69) is 4.99 Å². The summed E-state index contributed by atoms with van der Waals surface area (Å²) in [5.41, 5.74) is 9.87. The van der Waals surface area contributed by atoms with Crippen molar-refractivity contribution in [3.05, 3.63) is 39.9 Å². The van der Waals surface area contributed by atoms with Crippen LogP contribution in [0, 0.1) is 12.3 Å². The number of allylic oxidation sites excluding steroid dienone is 1. The Morgan fingerprint density at radius 3 is 2.59 bits per heavy atom. The van der Waals surface area contributed by atoms with Gasteiger partial charge in [0.1, 0.15) is 12.2 Å². The number of halogens is 1. The molecule has 0 aliphatic carbocycles. The fourth-order valence-electron chi connectivity index (χ4n) is 1.61. The molecule has 17 heavy (non-hydrogen) atoms. The number of aliphatic imine (C=N–C) groups is 1. The lowest BCUT2D eigenvalue weighted by atomic mass is 9.97. The van der Waals surface area contributed by atoms with Crippen molar-refractivity contribution in [1.82, 2.24) is 0 Å². The Bertz CT molecular complexity index is 501. The zero-order chi connectivity index (χ0) is 13.0. The van der Waals surface area contributed by atoms with Crippen LogP contribution < -0.4 is 5.73 Å². The molecule has 3 N–H and O–H groups in total. The number of amidine groups is 1.